The highest BCUT2D eigenvalue weighted by atomic mass is 31.2. The third-order valence-electron chi connectivity index (χ3n) is 19.0. The van der Waals surface area contributed by atoms with Crippen LogP contribution >= 0.6 is 15.6 Å². The van der Waals surface area contributed by atoms with E-state index in [1.165, 1.54) is 250 Å². The zero-order valence-electron chi connectivity index (χ0n) is 65.3. The molecule has 0 amide bonds. The molecule has 0 saturated heterocycles. The summed E-state index contributed by atoms with van der Waals surface area (Å²) in [6.45, 7) is 7.21. The zero-order chi connectivity index (χ0) is 73.4. The molecule has 0 aromatic heterocycles. The quantitative estimate of drug-likeness (QED) is 0.0222. The molecule has 0 bridgehead atoms. The Kier molecular flexibility index (Phi) is 72.5. The molecule has 0 fully saturated rings. The van der Waals surface area contributed by atoms with Gasteiger partial charge < -0.3 is 33.8 Å². The van der Waals surface area contributed by atoms with Crippen molar-refractivity contribution in [2.75, 3.05) is 39.6 Å². The van der Waals surface area contributed by atoms with Gasteiger partial charge in [0, 0.05) is 25.7 Å². The van der Waals surface area contributed by atoms with Gasteiger partial charge >= 0.3 is 39.5 Å². The van der Waals surface area contributed by atoms with Crippen molar-refractivity contribution in [1.82, 2.24) is 0 Å². The summed E-state index contributed by atoms with van der Waals surface area (Å²) >= 11 is 0. The maximum atomic E-state index is 13.1. The van der Waals surface area contributed by atoms with Crippen LogP contribution in [-0.2, 0) is 65.4 Å². The molecular weight excluding hydrogens is 1310 g/mol. The number of rotatable bonds is 81. The van der Waals surface area contributed by atoms with Gasteiger partial charge in [0.2, 0.25) is 0 Å². The van der Waals surface area contributed by atoms with E-state index in [-0.39, 0.29) is 25.7 Å². The van der Waals surface area contributed by atoms with Crippen molar-refractivity contribution in [2.45, 2.75) is 451 Å². The minimum atomic E-state index is -4.96. The summed E-state index contributed by atoms with van der Waals surface area (Å²) in [6, 6.07) is 0. The molecule has 0 spiro atoms. The van der Waals surface area contributed by atoms with Gasteiger partial charge in [-0.05, 0) is 31.6 Å². The number of ether oxygens (including phenoxy) is 4. The van der Waals surface area contributed by atoms with Gasteiger partial charge in [-0.2, -0.15) is 0 Å². The Balaban J connectivity index is 5.10. The van der Waals surface area contributed by atoms with Crippen LogP contribution < -0.4 is 0 Å². The molecule has 0 aromatic carbocycles. The molecule has 0 aliphatic heterocycles. The van der Waals surface area contributed by atoms with Crippen molar-refractivity contribution in [3.8, 4) is 0 Å². The van der Waals surface area contributed by atoms with Gasteiger partial charge in [0.25, 0.3) is 0 Å². The highest BCUT2D eigenvalue weighted by Gasteiger charge is 2.30. The number of phosphoric ester groups is 2. The lowest BCUT2D eigenvalue weighted by atomic mass is 10.0. The van der Waals surface area contributed by atoms with Crippen LogP contribution in [0.5, 0.6) is 0 Å². The van der Waals surface area contributed by atoms with Gasteiger partial charge in [-0.25, -0.2) is 9.13 Å². The Bertz CT molecular complexity index is 1910. The van der Waals surface area contributed by atoms with E-state index in [4.69, 9.17) is 37.0 Å². The summed E-state index contributed by atoms with van der Waals surface area (Å²) in [5, 5.41) is 10.6. The van der Waals surface area contributed by atoms with E-state index in [1.54, 1.807) is 0 Å². The van der Waals surface area contributed by atoms with E-state index < -0.39 is 97.5 Å². The van der Waals surface area contributed by atoms with Crippen LogP contribution in [0.2, 0.25) is 0 Å². The van der Waals surface area contributed by atoms with Crippen molar-refractivity contribution in [3.05, 3.63) is 0 Å². The smallest absolute Gasteiger partial charge is 0.462 e. The minimum Gasteiger partial charge on any atom is -0.462 e. The largest absolute Gasteiger partial charge is 0.472 e. The Hall–Kier alpha value is -1.94. The normalized spacial score (nSPS) is 13.8. The number of aliphatic hydroxyl groups excluding tert-OH is 1. The topological polar surface area (TPSA) is 237 Å². The molecule has 100 heavy (non-hydrogen) atoms. The molecule has 17 nitrogen and oxygen atoms in total. The highest BCUT2D eigenvalue weighted by molar-refractivity contribution is 7.47. The summed E-state index contributed by atoms with van der Waals surface area (Å²) < 4.78 is 68.4. The van der Waals surface area contributed by atoms with Crippen LogP contribution in [0.15, 0.2) is 0 Å². The maximum Gasteiger partial charge on any atom is 0.472 e. The molecule has 0 rings (SSSR count). The molecule has 19 heteroatoms. The summed E-state index contributed by atoms with van der Waals surface area (Å²) in [5.74, 6) is -1.37. The van der Waals surface area contributed by atoms with Crippen LogP contribution in [0.3, 0.4) is 0 Å². The molecule has 0 heterocycles. The second-order valence-electron chi connectivity index (χ2n) is 29.6. The van der Waals surface area contributed by atoms with E-state index in [0.717, 1.165) is 102 Å². The molecular formula is C81H158O17P2. The lowest BCUT2D eigenvalue weighted by molar-refractivity contribution is -0.161. The number of carbonyl (C=O) groups is 4. The summed E-state index contributed by atoms with van der Waals surface area (Å²) in [7, 11) is -9.91. The molecule has 0 aliphatic carbocycles. The standard InChI is InChI=1S/C81H158O17P2/c1-6-9-12-15-17-19-21-23-25-27-29-31-33-35-37-39-41-46-50-55-60-65-79(84)92-71-77(98-81(86)66-61-56-51-47-42-40-38-36-34-32-30-28-26-24-22-20-18-16-13-10-7-2)73-96-100(89,90)94-69-75(82)68-93-99(87,88)95-72-76(70-91-78(83)64-59-53-14-11-8-3)97-80(85)67-62-57-52-48-44-43-45-49-54-58-63-74(4)5/h74-77,82H,6-73H2,1-5H3,(H,87,88)(H,89,90)/t75-,76+,77+/m0/s1. The molecule has 594 valence electrons. The predicted octanol–water partition coefficient (Wildman–Crippen LogP) is 24.4. The van der Waals surface area contributed by atoms with Crippen molar-refractivity contribution >= 4 is 39.5 Å². The molecule has 0 saturated carbocycles. The summed E-state index contributed by atoms with van der Waals surface area (Å²) in [5.41, 5.74) is 0. The molecule has 3 N–H and O–H groups in total. The zero-order valence-corrected chi connectivity index (χ0v) is 67.1. The van der Waals surface area contributed by atoms with Gasteiger partial charge in [0.15, 0.2) is 12.2 Å². The van der Waals surface area contributed by atoms with Gasteiger partial charge in [0.05, 0.1) is 26.4 Å². The number of esters is 4. The lowest BCUT2D eigenvalue weighted by Gasteiger charge is -2.21. The van der Waals surface area contributed by atoms with E-state index in [9.17, 15) is 43.2 Å². The van der Waals surface area contributed by atoms with Crippen molar-refractivity contribution < 1.29 is 80.2 Å². The van der Waals surface area contributed by atoms with Gasteiger partial charge in [-0.15, -0.1) is 0 Å². The molecule has 0 aromatic rings. The fourth-order valence-electron chi connectivity index (χ4n) is 12.6. The maximum absolute atomic E-state index is 13.1. The number of hydrogen-bond acceptors (Lipinski definition) is 15. The first-order chi connectivity index (χ1) is 48.5. The Labute approximate surface area is 613 Å². The van der Waals surface area contributed by atoms with Crippen molar-refractivity contribution in [2.24, 2.45) is 5.92 Å². The minimum absolute atomic E-state index is 0.105. The Morgan fingerprint density at radius 3 is 0.680 bits per heavy atom. The van der Waals surface area contributed by atoms with Crippen molar-refractivity contribution in [3.63, 3.8) is 0 Å². The van der Waals surface area contributed by atoms with Crippen LogP contribution in [0.4, 0.5) is 0 Å². The molecule has 5 atom stereocenters. The fourth-order valence-corrected chi connectivity index (χ4v) is 14.2. The Morgan fingerprint density at radius 1 is 0.270 bits per heavy atom. The summed E-state index contributed by atoms with van der Waals surface area (Å²) in [6.07, 6.45) is 65.9. The third kappa shape index (κ3) is 74.3. The van der Waals surface area contributed by atoms with Crippen LogP contribution in [-0.4, -0.2) is 96.7 Å². The van der Waals surface area contributed by atoms with E-state index in [0.29, 0.717) is 25.7 Å². The van der Waals surface area contributed by atoms with Gasteiger partial charge in [-0.1, -0.05) is 381 Å². The fraction of sp³-hybridized carbons (Fsp3) is 0.951. The van der Waals surface area contributed by atoms with Crippen LogP contribution in [0.1, 0.15) is 433 Å². The molecule has 0 aliphatic rings. The average molecular weight is 1470 g/mol. The number of unbranched alkanes of at least 4 members (excludes halogenated alkanes) is 53. The van der Waals surface area contributed by atoms with E-state index >= 15 is 0 Å². The lowest BCUT2D eigenvalue weighted by Crippen LogP contribution is -2.30. The first-order valence-corrected chi connectivity index (χ1v) is 45.1. The third-order valence-corrected chi connectivity index (χ3v) is 20.9. The number of carbonyl (C=O) groups excluding carboxylic acids is 4. The SMILES string of the molecule is CCCCCCCCCCCCCCCCCCCCCCCC(=O)OC[C@H](COP(=O)(O)OC[C@@H](O)COP(=O)(O)OC[C@@H](COC(=O)CCCCCCC)OC(=O)CCCCCCCCCCCCC(C)C)OC(=O)CCCCCCCCCCCCCCCCCCCCCCC. The first kappa shape index (κ1) is 98.1. The molecule has 2 unspecified atom stereocenters. The van der Waals surface area contributed by atoms with Crippen LogP contribution in [0, 0.1) is 5.92 Å². The van der Waals surface area contributed by atoms with Crippen LogP contribution in [0.25, 0.3) is 0 Å². The number of phosphoric acid groups is 2. The number of hydrogen-bond donors (Lipinski definition) is 3. The molecule has 0 radical (unpaired) electrons. The van der Waals surface area contributed by atoms with E-state index in [1.807, 2.05) is 0 Å². The van der Waals surface area contributed by atoms with Gasteiger partial charge in [-0.3, -0.25) is 37.3 Å². The first-order valence-electron chi connectivity index (χ1n) is 42.1. The van der Waals surface area contributed by atoms with E-state index in [2.05, 4.69) is 34.6 Å². The van der Waals surface area contributed by atoms with Crippen molar-refractivity contribution in [1.29, 1.82) is 0 Å². The van der Waals surface area contributed by atoms with Gasteiger partial charge in [0.1, 0.15) is 19.3 Å². The summed E-state index contributed by atoms with van der Waals surface area (Å²) in [4.78, 5) is 72.7. The predicted molar refractivity (Wildman–Crippen MR) is 409 cm³/mol. The monoisotopic (exact) mass is 1470 g/mol. The Morgan fingerprint density at radius 2 is 0.460 bits per heavy atom. The second-order valence-corrected chi connectivity index (χ2v) is 32.5. The average Bonchev–Trinajstić information content (AvgIpc) is 0.913. The second kappa shape index (κ2) is 73.9. The number of aliphatic hydroxyl groups is 1. The highest BCUT2D eigenvalue weighted by Crippen LogP contribution is 2.45.